The van der Waals surface area contributed by atoms with Gasteiger partial charge in [-0.1, -0.05) is 80.9 Å². The van der Waals surface area contributed by atoms with E-state index in [9.17, 15) is 33.9 Å². The van der Waals surface area contributed by atoms with Crippen LogP contribution in [-0.2, 0) is 41.6 Å². The number of aryl methyl sites for hydroxylation is 1. The zero-order valence-corrected chi connectivity index (χ0v) is 39.6. The molecule has 5 N–H and O–H groups in total. The number of carbonyl (C=O) groups excluding carboxylic acids is 6. The van der Waals surface area contributed by atoms with Gasteiger partial charge in [-0.15, -0.1) is 0 Å². The second-order valence-corrected chi connectivity index (χ2v) is 17.1. The molecule has 1 aliphatic heterocycles. The number of quaternary nitrogens is 1. The van der Waals surface area contributed by atoms with Crippen LogP contribution >= 0.6 is 0 Å². The zero-order valence-electron chi connectivity index (χ0n) is 39.6. The lowest BCUT2D eigenvalue weighted by Crippen LogP contribution is -2.50. The standard InChI is InChI=1S/C51H61N3O9.C2H4O2/c1-6-10-33-14-17-35(18-15-33)36-19-21-37(22-20-36)44(56)13-9-12-40(55)30-39(11-7-8-26-52)50(59)54(3)48-38-23-25-47(63-5)42(31-38)41-28-34(16-24-46(41)62-4)29-43(51(60)61)53-49(58)32(2)27-45(48)57;1-2(3)4/h14-25,28,31-32,39,43,48H,6-13,26-27,29-30,52H2,1-5H3,(H,53,58)(H,60,61);1H3,(H,3,4)/t32-,39?,43+,48+;/m1./s1. The van der Waals surface area contributed by atoms with Gasteiger partial charge in [0.05, 0.1) is 20.8 Å². The fourth-order valence-electron chi connectivity index (χ4n) is 8.34. The molecule has 4 bridgehead atoms. The van der Waals surface area contributed by atoms with Crippen molar-refractivity contribution in [1.29, 1.82) is 0 Å². The Labute approximate surface area is 393 Å². The van der Waals surface area contributed by atoms with E-state index in [-0.39, 0.29) is 43.7 Å². The first-order chi connectivity index (χ1) is 32.0. The normalized spacial score (nSPS) is 16.3. The minimum atomic E-state index is -1.27. The van der Waals surface area contributed by atoms with Gasteiger partial charge in [0.15, 0.2) is 11.6 Å². The summed E-state index contributed by atoms with van der Waals surface area (Å²) in [5, 5.41) is 21.5. The number of ketones is 3. The fourth-order valence-corrected chi connectivity index (χ4v) is 8.34. The molecular formula is C53H65N3O11. The molecule has 0 radical (unpaired) electrons. The number of ether oxygens (including phenoxy) is 2. The Kier molecular flexibility index (Phi) is 20.4. The summed E-state index contributed by atoms with van der Waals surface area (Å²) in [6.07, 6.45) is 4.15. The lowest BCUT2D eigenvalue weighted by atomic mass is 9.88. The highest BCUT2D eigenvalue weighted by Crippen LogP contribution is 2.40. The Morgan fingerprint density at radius 2 is 1.43 bits per heavy atom. The lowest BCUT2D eigenvalue weighted by Gasteiger charge is -2.32. The number of likely N-dealkylation sites (N-methyl/N-ethyl adjacent to an activating group) is 1. The Bertz CT molecular complexity index is 2360. The molecule has 0 saturated carbocycles. The van der Waals surface area contributed by atoms with E-state index < -0.39 is 53.5 Å². The smallest absolute Gasteiger partial charge is 0.326 e. The summed E-state index contributed by atoms with van der Waals surface area (Å²) in [5.41, 5.74) is 10.1. The van der Waals surface area contributed by atoms with Crippen molar-refractivity contribution in [1.82, 2.24) is 10.2 Å². The van der Waals surface area contributed by atoms with Crippen LogP contribution in [-0.4, -0.2) is 85.0 Å². The third-order valence-corrected chi connectivity index (χ3v) is 11.9. The number of Topliss-reactive ketones (excluding diaryl/α,β-unsaturated/α-hetero) is 3. The summed E-state index contributed by atoms with van der Waals surface area (Å²) < 4.78 is 11.5. The Morgan fingerprint density at radius 1 is 0.836 bits per heavy atom. The molecule has 4 aromatic carbocycles. The zero-order chi connectivity index (χ0) is 49.2. The number of rotatable bonds is 19. The molecule has 1 unspecified atom stereocenters. The number of nitrogens with zero attached hydrogens (tertiary/aromatic N) is 1. The average molecular weight is 920 g/mol. The molecule has 1 heterocycles. The summed E-state index contributed by atoms with van der Waals surface area (Å²) in [7, 11) is 4.56. The molecule has 0 fully saturated rings. The first-order valence-corrected chi connectivity index (χ1v) is 22.9. The van der Waals surface area contributed by atoms with E-state index in [4.69, 9.17) is 19.4 Å². The van der Waals surface area contributed by atoms with Crippen LogP contribution in [0.2, 0.25) is 0 Å². The Balaban J connectivity index is 0.00000235. The van der Waals surface area contributed by atoms with Crippen molar-refractivity contribution in [3.8, 4) is 33.8 Å². The van der Waals surface area contributed by atoms with Crippen LogP contribution < -0.4 is 25.6 Å². The molecule has 14 nitrogen and oxygen atoms in total. The van der Waals surface area contributed by atoms with E-state index in [1.54, 1.807) is 43.3 Å². The molecule has 0 aliphatic carbocycles. The van der Waals surface area contributed by atoms with Gasteiger partial charge in [0.1, 0.15) is 29.4 Å². The van der Waals surface area contributed by atoms with E-state index in [0.29, 0.717) is 65.1 Å². The number of methoxy groups -OCH3 is 2. The van der Waals surface area contributed by atoms with Crippen molar-refractivity contribution < 1.29 is 59.0 Å². The summed E-state index contributed by atoms with van der Waals surface area (Å²) in [5.74, 6) is -4.72. The number of carboxylic acids is 2. The van der Waals surface area contributed by atoms with Gasteiger partial charge in [-0.3, -0.25) is 24.0 Å². The first-order valence-electron chi connectivity index (χ1n) is 22.9. The number of unbranched alkanes of at least 4 members (excludes halogenated alkanes) is 1. The second-order valence-electron chi connectivity index (χ2n) is 17.1. The van der Waals surface area contributed by atoms with Gasteiger partial charge in [-0.2, -0.15) is 0 Å². The van der Waals surface area contributed by atoms with Crippen molar-refractivity contribution in [3.63, 3.8) is 0 Å². The molecule has 2 amide bonds. The van der Waals surface area contributed by atoms with Crippen LogP contribution in [0.25, 0.3) is 22.3 Å². The van der Waals surface area contributed by atoms with Gasteiger partial charge in [0.2, 0.25) is 11.8 Å². The van der Waals surface area contributed by atoms with E-state index >= 15 is 0 Å². The van der Waals surface area contributed by atoms with Crippen LogP contribution in [0.5, 0.6) is 11.5 Å². The highest BCUT2D eigenvalue weighted by Gasteiger charge is 2.36. The predicted octanol–water partition coefficient (Wildman–Crippen LogP) is 6.01. The number of benzene rings is 4. The second kappa shape index (κ2) is 25.9. The van der Waals surface area contributed by atoms with E-state index in [0.717, 1.165) is 37.3 Å². The minimum Gasteiger partial charge on any atom is -0.550 e. The minimum absolute atomic E-state index is 0.0199. The van der Waals surface area contributed by atoms with E-state index in [2.05, 4.69) is 42.2 Å². The number of aliphatic carboxylic acids is 2. The molecule has 0 spiro atoms. The molecular weight excluding hydrogens is 855 g/mol. The maximum Gasteiger partial charge on any atom is 0.326 e. The van der Waals surface area contributed by atoms with Gasteiger partial charge < -0.3 is 40.4 Å². The monoisotopic (exact) mass is 919 g/mol. The third-order valence-electron chi connectivity index (χ3n) is 11.9. The van der Waals surface area contributed by atoms with Crippen LogP contribution in [0, 0.1) is 11.8 Å². The molecule has 67 heavy (non-hydrogen) atoms. The predicted molar refractivity (Wildman–Crippen MR) is 252 cm³/mol. The largest absolute Gasteiger partial charge is 0.550 e. The fraction of sp³-hybridized carbons (Fsp3) is 0.415. The van der Waals surface area contributed by atoms with Crippen molar-refractivity contribution in [2.24, 2.45) is 11.8 Å². The van der Waals surface area contributed by atoms with Crippen molar-refractivity contribution in [3.05, 3.63) is 107 Å². The lowest BCUT2D eigenvalue weighted by molar-refractivity contribution is -0.368. The van der Waals surface area contributed by atoms with Crippen LogP contribution in [0.3, 0.4) is 0 Å². The van der Waals surface area contributed by atoms with Gasteiger partial charge in [-0.25, -0.2) is 4.79 Å². The number of nitrogens with one attached hydrogen (secondary N) is 1. The quantitative estimate of drug-likeness (QED) is 0.0730. The maximum absolute atomic E-state index is 14.6. The summed E-state index contributed by atoms with van der Waals surface area (Å²) >= 11 is 0. The maximum atomic E-state index is 14.6. The number of amides is 2. The number of fused-ring (bicyclic) bond motifs is 5. The van der Waals surface area contributed by atoms with Crippen molar-refractivity contribution >= 4 is 41.1 Å². The number of hydrogen-bond donors (Lipinski definition) is 3. The topological polar surface area (TPSA) is 224 Å². The molecule has 5 rings (SSSR count). The molecule has 0 saturated heterocycles. The van der Waals surface area contributed by atoms with Crippen LogP contribution in [0.4, 0.5) is 0 Å². The van der Waals surface area contributed by atoms with E-state index in [1.165, 1.54) is 31.7 Å². The SMILES string of the molecule is CC(=O)[O-].CCCc1ccc(-c2ccc(C(=O)CCCC(=O)CC(CCCC[NH3+])C(=O)N(C)[C@@H]3C(=O)C[C@@H](C)C(=O)N[C@H](C(=O)O)Cc4ccc(OC)c(c4)-c4cc3ccc4OC)cc2)cc1. The molecule has 0 aromatic heterocycles. The van der Waals surface area contributed by atoms with Crippen LogP contribution in [0.15, 0.2) is 84.9 Å². The summed E-state index contributed by atoms with van der Waals surface area (Å²) in [6.45, 7) is 5.33. The van der Waals surface area contributed by atoms with Crippen molar-refractivity contribution in [2.75, 3.05) is 27.8 Å². The highest BCUT2D eigenvalue weighted by atomic mass is 16.5. The highest BCUT2D eigenvalue weighted by molar-refractivity contribution is 5.97. The molecule has 358 valence electrons. The Hall–Kier alpha value is -6.67. The molecule has 14 heteroatoms. The van der Waals surface area contributed by atoms with Crippen LogP contribution in [0.1, 0.15) is 112 Å². The number of hydrogen-bond acceptors (Lipinski definition) is 10. The molecule has 4 atom stereocenters. The average Bonchev–Trinajstić information content (AvgIpc) is 3.30. The first kappa shape index (κ1) is 52.9. The molecule has 4 aromatic rings. The van der Waals surface area contributed by atoms with Gasteiger partial charge in [0, 0.05) is 73.6 Å². The molecule has 1 aliphatic rings. The number of carbonyl (C=O) groups is 7. The summed E-state index contributed by atoms with van der Waals surface area (Å²) in [6, 6.07) is 23.9. The van der Waals surface area contributed by atoms with E-state index in [1.807, 2.05) is 24.3 Å². The van der Waals surface area contributed by atoms with Crippen molar-refractivity contribution in [2.45, 2.75) is 103 Å². The van der Waals surface area contributed by atoms with Gasteiger partial charge in [-0.05, 0) is 91.1 Å². The Morgan fingerprint density at radius 3 is 2.01 bits per heavy atom. The van der Waals surface area contributed by atoms with Gasteiger partial charge >= 0.3 is 5.97 Å². The summed E-state index contributed by atoms with van der Waals surface area (Å²) in [4.78, 5) is 91.8. The number of carboxylic acid groups (broad SMARTS) is 2. The third kappa shape index (κ3) is 15.2. The van der Waals surface area contributed by atoms with Gasteiger partial charge in [0.25, 0.3) is 0 Å².